The van der Waals surface area contributed by atoms with Crippen molar-refractivity contribution in [2.45, 2.75) is 0 Å². The first-order valence-electron chi connectivity index (χ1n) is 4.69. The van der Waals surface area contributed by atoms with Gasteiger partial charge in [0.1, 0.15) is 16.7 Å². The molecule has 0 spiro atoms. The second-order valence-electron chi connectivity index (χ2n) is 3.28. The van der Waals surface area contributed by atoms with E-state index in [1.165, 1.54) is 20.3 Å². The summed E-state index contributed by atoms with van der Waals surface area (Å²) in [7, 11) is 2.65. The van der Waals surface area contributed by atoms with Crippen LogP contribution in [0.5, 0.6) is 23.0 Å². The number of hydrogen-bond donors (Lipinski definition) is 2. The lowest BCUT2D eigenvalue weighted by atomic mass is 10.1. The van der Waals surface area contributed by atoms with E-state index in [2.05, 4.69) is 0 Å². The number of rotatable bonds is 2. The SMILES string of the molecule is COc1c(O)cc2oc(=O)cc(OC)c2c1O. The van der Waals surface area contributed by atoms with E-state index in [9.17, 15) is 15.0 Å². The summed E-state index contributed by atoms with van der Waals surface area (Å²) in [6.07, 6.45) is 0. The summed E-state index contributed by atoms with van der Waals surface area (Å²) >= 11 is 0. The predicted octanol–water partition coefficient (Wildman–Crippen LogP) is 1.22. The zero-order valence-corrected chi connectivity index (χ0v) is 9.18. The highest BCUT2D eigenvalue weighted by Gasteiger charge is 2.18. The van der Waals surface area contributed by atoms with E-state index in [0.717, 1.165) is 6.07 Å². The normalized spacial score (nSPS) is 10.5. The van der Waals surface area contributed by atoms with E-state index in [0.29, 0.717) is 0 Å². The largest absolute Gasteiger partial charge is 0.504 e. The van der Waals surface area contributed by atoms with E-state index in [4.69, 9.17) is 13.9 Å². The summed E-state index contributed by atoms with van der Waals surface area (Å²) in [6.45, 7) is 0. The van der Waals surface area contributed by atoms with Gasteiger partial charge >= 0.3 is 5.63 Å². The van der Waals surface area contributed by atoms with Crippen LogP contribution in [-0.2, 0) is 0 Å². The lowest BCUT2D eigenvalue weighted by molar-refractivity contribution is 0.344. The quantitative estimate of drug-likeness (QED) is 0.764. The van der Waals surface area contributed by atoms with Crippen molar-refractivity contribution in [3.05, 3.63) is 22.6 Å². The number of ether oxygens (including phenoxy) is 2. The van der Waals surface area contributed by atoms with Gasteiger partial charge in [0.05, 0.1) is 20.3 Å². The molecule has 0 saturated heterocycles. The van der Waals surface area contributed by atoms with Crippen LogP contribution in [0.25, 0.3) is 11.0 Å². The Balaban J connectivity index is 2.97. The Labute approximate surface area is 95.6 Å². The van der Waals surface area contributed by atoms with Gasteiger partial charge in [-0.15, -0.1) is 0 Å². The molecule has 2 rings (SSSR count). The van der Waals surface area contributed by atoms with Crippen LogP contribution >= 0.6 is 0 Å². The molecule has 2 aromatic rings. The third-order valence-corrected chi connectivity index (χ3v) is 2.33. The molecule has 0 radical (unpaired) electrons. The molecule has 0 saturated carbocycles. The van der Waals surface area contributed by atoms with Crippen molar-refractivity contribution in [3.8, 4) is 23.0 Å². The molecule has 2 N–H and O–H groups in total. The molecule has 0 amide bonds. The third kappa shape index (κ3) is 1.63. The monoisotopic (exact) mass is 238 g/mol. The van der Waals surface area contributed by atoms with Crippen molar-refractivity contribution in [3.63, 3.8) is 0 Å². The van der Waals surface area contributed by atoms with Gasteiger partial charge in [-0.25, -0.2) is 4.79 Å². The summed E-state index contributed by atoms with van der Waals surface area (Å²) in [4.78, 5) is 11.2. The highest BCUT2D eigenvalue weighted by atomic mass is 16.5. The van der Waals surface area contributed by atoms with Crippen LogP contribution in [0.1, 0.15) is 0 Å². The van der Waals surface area contributed by atoms with Crippen LogP contribution in [0.3, 0.4) is 0 Å². The molecule has 0 bridgehead atoms. The molecule has 1 aromatic carbocycles. The van der Waals surface area contributed by atoms with Crippen LogP contribution < -0.4 is 15.1 Å². The van der Waals surface area contributed by atoms with Crippen molar-refractivity contribution in [1.29, 1.82) is 0 Å². The number of phenols is 2. The summed E-state index contributed by atoms with van der Waals surface area (Å²) in [6, 6.07) is 2.27. The number of phenolic OH excluding ortho intramolecular Hbond substituents is 2. The highest BCUT2D eigenvalue weighted by Crippen LogP contribution is 2.44. The fourth-order valence-corrected chi connectivity index (χ4v) is 1.61. The van der Waals surface area contributed by atoms with Gasteiger partial charge in [0.25, 0.3) is 0 Å². The van der Waals surface area contributed by atoms with Crippen molar-refractivity contribution >= 4 is 11.0 Å². The Morgan fingerprint density at radius 3 is 2.47 bits per heavy atom. The van der Waals surface area contributed by atoms with Crippen molar-refractivity contribution < 1.29 is 24.1 Å². The first-order valence-corrected chi connectivity index (χ1v) is 4.69. The maximum absolute atomic E-state index is 11.2. The van der Waals surface area contributed by atoms with Crippen molar-refractivity contribution in [2.75, 3.05) is 14.2 Å². The molecule has 1 aromatic heterocycles. The minimum atomic E-state index is -0.640. The first kappa shape index (κ1) is 11.1. The molecule has 1 heterocycles. The molecular weight excluding hydrogens is 228 g/mol. The van der Waals surface area contributed by atoms with Gasteiger partial charge in [-0.05, 0) is 0 Å². The first-order chi connectivity index (χ1) is 8.08. The standard InChI is InChI=1S/C11H10O6/c1-15-6-4-8(13)17-7-3-5(12)11(16-2)10(14)9(6)7/h3-4,12,14H,1-2H3. The number of hydrogen-bond acceptors (Lipinski definition) is 6. The molecule has 0 unspecified atom stereocenters. The van der Waals surface area contributed by atoms with Gasteiger partial charge in [-0.2, -0.15) is 0 Å². The summed E-state index contributed by atoms with van der Waals surface area (Å²) in [5.41, 5.74) is -0.622. The van der Waals surface area contributed by atoms with Gasteiger partial charge < -0.3 is 24.1 Å². The van der Waals surface area contributed by atoms with Crippen LogP contribution in [0, 0.1) is 0 Å². The number of benzene rings is 1. The van der Waals surface area contributed by atoms with Gasteiger partial charge in [0, 0.05) is 6.07 Å². The minimum Gasteiger partial charge on any atom is -0.504 e. The molecular formula is C11H10O6. The Morgan fingerprint density at radius 2 is 1.88 bits per heavy atom. The molecule has 90 valence electrons. The zero-order valence-electron chi connectivity index (χ0n) is 9.18. The summed E-state index contributed by atoms with van der Waals surface area (Å²) in [5, 5.41) is 19.6. The Hall–Kier alpha value is -2.37. The minimum absolute atomic E-state index is 0.0187. The Kier molecular flexibility index (Phi) is 2.55. The van der Waals surface area contributed by atoms with Crippen LogP contribution in [0.4, 0.5) is 0 Å². The van der Waals surface area contributed by atoms with E-state index >= 15 is 0 Å². The van der Waals surface area contributed by atoms with E-state index in [1.54, 1.807) is 0 Å². The number of methoxy groups -OCH3 is 2. The number of aromatic hydroxyl groups is 2. The molecule has 6 nitrogen and oxygen atoms in total. The Morgan fingerprint density at radius 1 is 1.18 bits per heavy atom. The molecule has 0 aliphatic rings. The van der Waals surface area contributed by atoms with E-state index in [-0.39, 0.29) is 34.0 Å². The molecule has 0 aliphatic heterocycles. The average Bonchev–Trinajstić information content (AvgIpc) is 2.27. The maximum atomic E-state index is 11.2. The molecule has 0 fully saturated rings. The maximum Gasteiger partial charge on any atom is 0.339 e. The van der Waals surface area contributed by atoms with Gasteiger partial charge in [-0.1, -0.05) is 0 Å². The van der Waals surface area contributed by atoms with Crippen LogP contribution in [-0.4, -0.2) is 24.4 Å². The Bertz CT molecular complexity index is 628. The van der Waals surface area contributed by atoms with Gasteiger partial charge in [-0.3, -0.25) is 0 Å². The van der Waals surface area contributed by atoms with Crippen molar-refractivity contribution in [1.82, 2.24) is 0 Å². The van der Waals surface area contributed by atoms with E-state index in [1.807, 2.05) is 0 Å². The fraction of sp³-hybridized carbons (Fsp3) is 0.182. The van der Waals surface area contributed by atoms with Gasteiger partial charge in [0.15, 0.2) is 11.5 Å². The van der Waals surface area contributed by atoms with Gasteiger partial charge in [0.2, 0.25) is 5.75 Å². The predicted molar refractivity (Wildman–Crippen MR) is 58.9 cm³/mol. The van der Waals surface area contributed by atoms with Crippen LogP contribution in [0.2, 0.25) is 0 Å². The molecule has 0 aliphatic carbocycles. The topological polar surface area (TPSA) is 89.1 Å². The zero-order chi connectivity index (χ0) is 12.6. The molecule has 6 heteroatoms. The molecule has 17 heavy (non-hydrogen) atoms. The van der Waals surface area contributed by atoms with Crippen molar-refractivity contribution in [2.24, 2.45) is 0 Å². The second kappa shape index (κ2) is 3.89. The lowest BCUT2D eigenvalue weighted by Crippen LogP contribution is -1.99. The smallest absolute Gasteiger partial charge is 0.339 e. The molecule has 0 atom stereocenters. The third-order valence-electron chi connectivity index (χ3n) is 2.33. The highest BCUT2D eigenvalue weighted by molar-refractivity contribution is 5.93. The number of fused-ring (bicyclic) bond motifs is 1. The summed E-state index contributed by atoms with van der Waals surface area (Å²) < 4.78 is 14.7. The second-order valence-corrected chi connectivity index (χ2v) is 3.28. The van der Waals surface area contributed by atoms with E-state index < -0.39 is 5.63 Å². The summed E-state index contributed by atoms with van der Waals surface area (Å²) in [5.74, 6) is -0.631. The lowest BCUT2D eigenvalue weighted by Gasteiger charge is -2.10. The van der Waals surface area contributed by atoms with Crippen LogP contribution in [0.15, 0.2) is 21.3 Å². The fourth-order valence-electron chi connectivity index (χ4n) is 1.61. The average molecular weight is 238 g/mol.